The van der Waals surface area contributed by atoms with Gasteiger partial charge in [-0.1, -0.05) is 121 Å². The molecule has 0 saturated carbocycles. The molecular formula is C42H29N. The van der Waals surface area contributed by atoms with Gasteiger partial charge in [-0.2, -0.15) is 0 Å². The first-order valence-corrected chi connectivity index (χ1v) is 14.8. The fourth-order valence-corrected chi connectivity index (χ4v) is 6.57. The Balaban J connectivity index is 1.27. The summed E-state index contributed by atoms with van der Waals surface area (Å²) in [4.78, 5) is 4.36. The molecule has 8 rings (SSSR count). The molecule has 0 unspecified atom stereocenters. The summed E-state index contributed by atoms with van der Waals surface area (Å²) in [6, 6.07) is 53.0. The highest BCUT2D eigenvalue weighted by Gasteiger charge is 2.16. The molecule has 0 bridgehead atoms. The Morgan fingerprint density at radius 1 is 0.395 bits per heavy atom. The van der Waals surface area contributed by atoms with Crippen LogP contribution >= 0.6 is 0 Å². The van der Waals surface area contributed by atoms with Crippen molar-refractivity contribution in [1.29, 1.82) is 0 Å². The van der Waals surface area contributed by atoms with Crippen LogP contribution in [0.4, 0.5) is 0 Å². The number of fused-ring (bicyclic) bond motifs is 3. The van der Waals surface area contributed by atoms with Crippen LogP contribution in [-0.4, -0.2) is 4.98 Å². The molecule has 0 saturated heterocycles. The van der Waals surface area contributed by atoms with Crippen LogP contribution < -0.4 is 0 Å². The van der Waals surface area contributed by atoms with Crippen LogP contribution in [0.15, 0.2) is 158 Å². The summed E-state index contributed by atoms with van der Waals surface area (Å²) < 4.78 is 0. The zero-order valence-electron chi connectivity index (χ0n) is 24.0. The molecule has 0 N–H and O–H groups in total. The maximum absolute atomic E-state index is 4.36. The van der Waals surface area contributed by atoms with E-state index >= 15 is 0 Å². The van der Waals surface area contributed by atoms with Crippen LogP contribution in [0.3, 0.4) is 0 Å². The number of rotatable bonds is 4. The fourth-order valence-electron chi connectivity index (χ4n) is 6.57. The molecule has 1 aromatic heterocycles. The third kappa shape index (κ3) is 4.38. The Morgan fingerprint density at radius 2 is 0.907 bits per heavy atom. The molecule has 1 nitrogen and oxygen atoms in total. The van der Waals surface area contributed by atoms with Gasteiger partial charge in [-0.3, -0.25) is 4.98 Å². The molecule has 0 radical (unpaired) electrons. The highest BCUT2D eigenvalue weighted by atomic mass is 14.6. The second-order valence-electron chi connectivity index (χ2n) is 11.3. The molecule has 0 fully saturated rings. The number of hydrogen-bond acceptors (Lipinski definition) is 1. The number of pyridine rings is 1. The highest BCUT2D eigenvalue weighted by molar-refractivity contribution is 6.21. The van der Waals surface area contributed by atoms with Crippen LogP contribution in [0.2, 0.25) is 0 Å². The minimum absolute atomic E-state index is 1.17. The predicted molar refractivity (Wildman–Crippen MR) is 183 cm³/mol. The molecule has 8 aromatic rings. The van der Waals surface area contributed by atoms with Crippen molar-refractivity contribution in [3.05, 3.63) is 164 Å². The van der Waals surface area contributed by atoms with Gasteiger partial charge in [0.2, 0.25) is 0 Å². The fraction of sp³-hybridized carbons (Fsp3) is 0.0238. The second kappa shape index (κ2) is 10.4. The van der Waals surface area contributed by atoms with E-state index in [1.165, 1.54) is 82.4 Å². The largest absolute Gasteiger partial charge is 0.264 e. The lowest BCUT2D eigenvalue weighted by atomic mass is 9.85. The predicted octanol–water partition coefficient (Wildman–Crippen LogP) is 11.5. The van der Waals surface area contributed by atoms with E-state index in [-0.39, 0.29) is 0 Å². The van der Waals surface area contributed by atoms with Crippen molar-refractivity contribution in [2.24, 2.45) is 0 Å². The lowest BCUT2D eigenvalue weighted by Crippen LogP contribution is -1.91. The summed E-state index contributed by atoms with van der Waals surface area (Å²) in [6.45, 7) is 2.14. The van der Waals surface area contributed by atoms with Crippen molar-refractivity contribution < 1.29 is 0 Å². The Kier molecular flexibility index (Phi) is 6.09. The number of aryl methyl sites for hydroxylation is 1. The number of hydrogen-bond donors (Lipinski definition) is 0. The van der Waals surface area contributed by atoms with Gasteiger partial charge in [0.15, 0.2) is 0 Å². The molecule has 0 aliphatic rings. The van der Waals surface area contributed by atoms with Crippen molar-refractivity contribution in [2.45, 2.75) is 6.92 Å². The topological polar surface area (TPSA) is 12.9 Å². The number of aromatic nitrogens is 1. The van der Waals surface area contributed by atoms with E-state index in [0.717, 1.165) is 0 Å². The Bertz CT molecular complexity index is 2240. The average Bonchev–Trinajstić information content (AvgIpc) is 3.07. The first kappa shape index (κ1) is 25.2. The molecule has 7 aromatic carbocycles. The monoisotopic (exact) mass is 547 g/mol. The Morgan fingerprint density at radius 3 is 1.56 bits per heavy atom. The smallest absolute Gasteiger partial charge is 0.0349 e. The molecular weight excluding hydrogens is 518 g/mol. The van der Waals surface area contributed by atoms with E-state index in [0.29, 0.717) is 0 Å². The van der Waals surface area contributed by atoms with E-state index in [2.05, 4.69) is 158 Å². The van der Waals surface area contributed by atoms with Crippen LogP contribution in [-0.2, 0) is 0 Å². The summed E-state index contributed by atoms with van der Waals surface area (Å²) in [7, 11) is 0. The van der Waals surface area contributed by atoms with Gasteiger partial charge in [-0.25, -0.2) is 0 Å². The molecule has 1 heteroatoms. The van der Waals surface area contributed by atoms with Crippen LogP contribution in [0, 0.1) is 6.92 Å². The SMILES string of the molecule is Cc1ccncc1-c1cccc(-c2ccc3cc(-c4c5ccccc5c(-c5ccccc5)c5ccccc45)ccc3c2)c1. The third-order valence-corrected chi connectivity index (χ3v) is 8.67. The molecule has 0 spiro atoms. The van der Waals surface area contributed by atoms with Crippen LogP contribution in [0.5, 0.6) is 0 Å². The lowest BCUT2D eigenvalue weighted by molar-refractivity contribution is 1.29. The van der Waals surface area contributed by atoms with Gasteiger partial charge in [0.25, 0.3) is 0 Å². The van der Waals surface area contributed by atoms with Crippen molar-refractivity contribution in [2.75, 3.05) is 0 Å². The number of nitrogens with zero attached hydrogens (tertiary/aromatic N) is 1. The van der Waals surface area contributed by atoms with Gasteiger partial charge in [0.05, 0.1) is 0 Å². The van der Waals surface area contributed by atoms with E-state index in [4.69, 9.17) is 0 Å². The maximum atomic E-state index is 4.36. The summed E-state index contributed by atoms with van der Waals surface area (Å²) >= 11 is 0. The quantitative estimate of drug-likeness (QED) is 0.200. The first-order valence-electron chi connectivity index (χ1n) is 14.8. The minimum atomic E-state index is 1.17. The van der Waals surface area contributed by atoms with Gasteiger partial charge in [0, 0.05) is 18.0 Å². The van der Waals surface area contributed by atoms with E-state index < -0.39 is 0 Å². The standard InChI is InChI=1S/C42H29N/c1-28-22-23-43-27-40(28)34-13-9-12-30(25-34)31-18-19-33-26-35(21-20-32(33)24-31)42-38-16-7-5-14-36(38)41(29-10-3-2-4-11-29)37-15-6-8-17-39(37)42/h2-27H,1H3. The molecule has 202 valence electrons. The van der Waals surface area contributed by atoms with Gasteiger partial charge in [-0.05, 0) is 108 Å². The summed E-state index contributed by atoms with van der Waals surface area (Å²) in [5.41, 5.74) is 11.1. The minimum Gasteiger partial charge on any atom is -0.264 e. The molecule has 0 atom stereocenters. The molecule has 43 heavy (non-hydrogen) atoms. The molecule has 0 aliphatic carbocycles. The van der Waals surface area contributed by atoms with E-state index in [1.807, 2.05) is 12.4 Å². The van der Waals surface area contributed by atoms with Gasteiger partial charge < -0.3 is 0 Å². The highest BCUT2D eigenvalue weighted by Crippen LogP contribution is 2.44. The van der Waals surface area contributed by atoms with Crippen molar-refractivity contribution in [1.82, 2.24) is 4.98 Å². The normalized spacial score (nSPS) is 11.4. The van der Waals surface area contributed by atoms with Crippen molar-refractivity contribution >= 4 is 32.3 Å². The Labute approximate surface area is 251 Å². The van der Waals surface area contributed by atoms with Crippen molar-refractivity contribution in [3.63, 3.8) is 0 Å². The summed E-state index contributed by atoms with van der Waals surface area (Å²) in [6.07, 6.45) is 3.81. The van der Waals surface area contributed by atoms with Gasteiger partial charge in [-0.15, -0.1) is 0 Å². The lowest BCUT2D eigenvalue weighted by Gasteiger charge is -2.18. The zero-order chi connectivity index (χ0) is 28.8. The zero-order valence-corrected chi connectivity index (χ0v) is 24.0. The summed E-state index contributed by atoms with van der Waals surface area (Å²) in [5.74, 6) is 0. The first-order chi connectivity index (χ1) is 21.2. The third-order valence-electron chi connectivity index (χ3n) is 8.67. The maximum Gasteiger partial charge on any atom is 0.0349 e. The van der Waals surface area contributed by atoms with Crippen molar-refractivity contribution in [3.8, 4) is 44.5 Å². The summed E-state index contributed by atoms with van der Waals surface area (Å²) in [5, 5.41) is 7.58. The average molecular weight is 548 g/mol. The van der Waals surface area contributed by atoms with E-state index in [9.17, 15) is 0 Å². The Hall–Kier alpha value is -5.53. The van der Waals surface area contributed by atoms with Crippen LogP contribution in [0.1, 0.15) is 5.56 Å². The van der Waals surface area contributed by atoms with Gasteiger partial charge >= 0.3 is 0 Å². The molecule has 1 heterocycles. The number of benzene rings is 7. The van der Waals surface area contributed by atoms with Gasteiger partial charge in [0.1, 0.15) is 0 Å². The second-order valence-corrected chi connectivity index (χ2v) is 11.3. The van der Waals surface area contributed by atoms with Crippen LogP contribution in [0.25, 0.3) is 76.8 Å². The molecule has 0 amide bonds. The molecule has 0 aliphatic heterocycles. The van der Waals surface area contributed by atoms with E-state index in [1.54, 1.807) is 0 Å².